The lowest BCUT2D eigenvalue weighted by molar-refractivity contribution is 0.263. The highest BCUT2D eigenvalue weighted by Gasteiger charge is 2.38. The molecule has 1 aromatic rings. The molecule has 0 radical (unpaired) electrons. The maximum absolute atomic E-state index is 12.8. The van der Waals surface area contributed by atoms with E-state index in [4.69, 9.17) is 11.0 Å². The first-order chi connectivity index (χ1) is 9.77. The zero-order chi connectivity index (χ0) is 15.8. The molecule has 1 aliphatic rings. The Morgan fingerprint density at radius 1 is 1.38 bits per heavy atom. The highest BCUT2D eigenvalue weighted by molar-refractivity contribution is 7.89. The van der Waals surface area contributed by atoms with Gasteiger partial charge in [-0.05, 0) is 38.2 Å². The van der Waals surface area contributed by atoms with Crippen molar-refractivity contribution in [2.45, 2.75) is 17.9 Å². The smallest absolute Gasteiger partial charge is 0.244 e. The van der Waals surface area contributed by atoms with E-state index in [1.165, 1.54) is 22.5 Å². The monoisotopic (exact) mass is 308 g/mol. The van der Waals surface area contributed by atoms with Gasteiger partial charge in [-0.1, -0.05) is 6.92 Å². The zero-order valence-electron chi connectivity index (χ0n) is 12.4. The molecule has 1 aliphatic heterocycles. The van der Waals surface area contributed by atoms with Crippen molar-refractivity contribution < 1.29 is 8.42 Å². The number of nitrogen functional groups attached to an aromatic ring is 1. The first-order valence-corrected chi connectivity index (χ1v) is 8.17. The molecule has 2 N–H and O–H groups in total. The molecule has 0 aromatic heterocycles. The van der Waals surface area contributed by atoms with Crippen LogP contribution in [0.3, 0.4) is 0 Å². The number of nitrogens with two attached hydrogens (primary N) is 1. The molecule has 0 saturated carbocycles. The van der Waals surface area contributed by atoms with Crippen LogP contribution in [0.15, 0.2) is 23.1 Å². The summed E-state index contributed by atoms with van der Waals surface area (Å²) in [4.78, 5) is 2.07. The van der Waals surface area contributed by atoms with E-state index in [1.807, 2.05) is 32.0 Å². The van der Waals surface area contributed by atoms with Crippen LogP contribution in [0, 0.1) is 17.2 Å². The molecule has 2 atom stereocenters. The molecule has 7 heteroatoms. The van der Waals surface area contributed by atoms with E-state index in [-0.39, 0.29) is 22.4 Å². The van der Waals surface area contributed by atoms with Crippen molar-refractivity contribution in [2.24, 2.45) is 5.92 Å². The van der Waals surface area contributed by atoms with Crippen LogP contribution in [0.5, 0.6) is 0 Å². The van der Waals surface area contributed by atoms with E-state index in [0.29, 0.717) is 18.8 Å². The summed E-state index contributed by atoms with van der Waals surface area (Å²) >= 11 is 0. The summed E-state index contributed by atoms with van der Waals surface area (Å²) in [7, 11) is 0.222. The second kappa shape index (κ2) is 5.64. The molecular weight excluding hydrogens is 288 g/mol. The molecule has 0 spiro atoms. The van der Waals surface area contributed by atoms with Crippen molar-refractivity contribution in [3.8, 4) is 6.07 Å². The topological polar surface area (TPSA) is 90.4 Å². The van der Waals surface area contributed by atoms with E-state index in [9.17, 15) is 8.42 Å². The van der Waals surface area contributed by atoms with Gasteiger partial charge in [-0.3, -0.25) is 0 Å². The van der Waals surface area contributed by atoms with Crippen molar-refractivity contribution >= 4 is 15.7 Å². The SMILES string of the molecule is CC1CN(S(=O)(=O)c2ccc(N)cc2C#N)CC1N(C)C. The van der Waals surface area contributed by atoms with Gasteiger partial charge in [0.2, 0.25) is 10.0 Å². The van der Waals surface area contributed by atoms with Crippen molar-refractivity contribution in [3.63, 3.8) is 0 Å². The van der Waals surface area contributed by atoms with Crippen LogP contribution in [0.4, 0.5) is 5.69 Å². The fraction of sp³-hybridized carbons (Fsp3) is 0.500. The lowest BCUT2D eigenvalue weighted by atomic mass is 10.1. The van der Waals surface area contributed by atoms with Gasteiger partial charge in [0.25, 0.3) is 0 Å². The van der Waals surface area contributed by atoms with Crippen LogP contribution in [0.25, 0.3) is 0 Å². The minimum absolute atomic E-state index is 0.0332. The quantitative estimate of drug-likeness (QED) is 0.831. The van der Waals surface area contributed by atoms with Crippen LogP contribution in [-0.4, -0.2) is 50.8 Å². The van der Waals surface area contributed by atoms with Gasteiger partial charge in [0.1, 0.15) is 11.0 Å². The summed E-state index contributed by atoms with van der Waals surface area (Å²) in [6.07, 6.45) is 0. The Hall–Kier alpha value is -1.62. The highest BCUT2D eigenvalue weighted by Crippen LogP contribution is 2.28. The predicted molar refractivity (Wildman–Crippen MR) is 81.0 cm³/mol. The molecule has 0 aliphatic carbocycles. The van der Waals surface area contributed by atoms with Crippen LogP contribution >= 0.6 is 0 Å². The first kappa shape index (κ1) is 15.8. The first-order valence-electron chi connectivity index (χ1n) is 6.73. The third-order valence-corrected chi connectivity index (χ3v) is 5.83. The molecule has 0 bridgehead atoms. The Balaban J connectivity index is 2.39. The summed E-state index contributed by atoms with van der Waals surface area (Å²) in [6, 6.07) is 6.42. The Morgan fingerprint density at radius 3 is 2.57 bits per heavy atom. The van der Waals surface area contributed by atoms with Crippen molar-refractivity contribution in [3.05, 3.63) is 23.8 Å². The third kappa shape index (κ3) is 2.88. The molecule has 114 valence electrons. The van der Waals surface area contributed by atoms with Gasteiger partial charge >= 0.3 is 0 Å². The van der Waals surface area contributed by atoms with Gasteiger partial charge < -0.3 is 10.6 Å². The number of nitrogens with zero attached hydrogens (tertiary/aromatic N) is 3. The second-order valence-electron chi connectivity index (χ2n) is 5.70. The van der Waals surface area contributed by atoms with Gasteiger partial charge in [-0.25, -0.2) is 8.42 Å². The van der Waals surface area contributed by atoms with Crippen molar-refractivity contribution in [2.75, 3.05) is 32.9 Å². The molecule has 2 rings (SSSR count). The van der Waals surface area contributed by atoms with Crippen molar-refractivity contribution in [1.29, 1.82) is 5.26 Å². The molecular formula is C14H20N4O2S. The van der Waals surface area contributed by atoms with E-state index in [0.717, 1.165) is 0 Å². The van der Waals surface area contributed by atoms with Crippen LogP contribution < -0.4 is 5.73 Å². The number of sulfonamides is 1. The van der Waals surface area contributed by atoms with E-state index < -0.39 is 10.0 Å². The summed E-state index contributed by atoms with van der Waals surface area (Å²) in [5.41, 5.74) is 6.09. The molecule has 6 nitrogen and oxygen atoms in total. The van der Waals surface area contributed by atoms with E-state index in [2.05, 4.69) is 0 Å². The number of anilines is 1. The lowest BCUT2D eigenvalue weighted by Crippen LogP contribution is -2.36. The molecule has 1 aromatic carbocycles. The Labute approximate surface area is 125 Å². The number of likely N-dealkylation sites (N-methyl/N-ethyl adjacent to an activating group) is 1. The fourth-order valence-electron chi connectivity index (χ4n) is 2.77. The predicted octanol–water partition coefficient (Wildman–Crippen LogP) is 0.711. The molecule has 21 heavy (non-hydrogen) atoms. The molecule has 0 amide bonds. The van der Waals surface area contributed by atoms with Gasteiger partial charge in [0.05, 0.1) is 5.56 Å². The summed E-state index contributed by atoms with van der Waals surface area (Å²) in [6.45, 7) is 2.93. The van der Waals surface area contributed by atoms with Crippen molar-refractivity contribution in [1.82, 2.24) is 9.21 Å². The van der Waals surface area contributed by atoms with Gasteiger partial charge in [-0.2, -0.15) is 9.57 Å². The Kier molecular flexibility index (Phi) is 4.23. The number of nitriles is 1. The number of hydrogen-bond acceptors (Lipinski definition) is 5. The summed E-state index contributed by atoms with van der Waals surface area (Å²) in [5.74, 6) is 0.245. The number of hydrogen-bond donors (Lipinski definition) is 1. The fourth-order valence-corrected chi connectivity index (χ4v) is 4.45. The average molecular weight is 308 g/mol. The van der Waals surface area contributed by atoms with Crippen LogP contribution in [0.1, 0.15) is 12.5 Å². The summed E-state index contributed by atoms with van der Waals surface area (Å²) < 4.78 is 27.0. The number of rotatable bonds is 3. The highest BCUT2D eigenvalue weighted by atomic mass is 32.2. The molecule has 1 fully saturated rings. The van der Waals surface area contributed by atoms with E-state index in [1.54, 1.807) is 0 Å². The average Bonchev–Trinajstić information content (AvgIpc) is 2.81. The standard InChI is InChI=1S/C14H20N4O2S/c1-10-8-18(9-13(10)17(2)3)21(19,20)14-5-4-12(16)6-11(14)7-15/h4-6,10,13H,8-9,16H2,1-3H3. The second-order valence-corrected chi connectivity index (χ2v) is 7.60. The maximum atomic E-state index is 12.8. The van der Waals surface area contributed by atoms with Crippen LogP contribution in [-0.2, 0) is 10.0 Å². The minimum atomic E-state index is -3.67. The lowest BCUT2D eigenvalue weighted by Gasteiger charge is -2.22. The molecule has 2 unspecified atom stereocenters. The molecule has 1 saturated heterocycles. The normalized spacial score (nSPS) is 23.4. The van der Waals surface area contributed by atoms with E-state index >= 15 is 0 Å². The van der Waals surface area contributed by atoms with Gasteiger partial charge in [0, 0.05) is 24.8 Å². The zero-order valence-corrected chi connectivity index (χ0v) is 13.3. The maximum Gasteiger partial charge on any atom is 0.244 e. The number of benzene rings is 1. The van der Waals surface area contributed by atoms with Gasteiger partial charge in [-0.15, -0.1) is 0 Å². The Bertz CT molecular complexity index is 679. The third-order valence-electron chi connectivity index (χ3n) is 3.94. The van der Waals surface area contributed by atoms with Crippen LogP contribution in [0.2, 0.25) is 0 Å². The minimum Gasteiger partial charge on any atom is -0.399 e. The largest absolute Gasteiger partial charge is 0.399 e. The van der Waals surface area contributed by atoms with Gasteiger partial charge in [0.15, 0.2) is 0 Å². The summed E-state index contributed by atoms with van der Waals surface area (Å²) in [5, 5.41) is 9.14. The molecule has 1 heterocycles. The Morgan fingerprint density at radius 2 is 2.05 bits per heavy atom.